The molecule has 22 heavy (non-hydrogen) atoms. The van der Waals surface area contributed by atoms with Crippen LogP contribution in [0.4, 0.5) is 0 Å². The van der Waals surface area contributed by atoms with Crippen LogP contribution in [0, 0.1) is 5.41 Å². The summed E-state index contributed by atoms with van der Waals surface area (Å²) >= 11 is -3.02. The predicted molar refractivity (Wildman–Crippen MR) is 84.7 cm³/mol. The van der Waals surface area contributed by atoms with Gasteiger partial charge in [-0.15, -0.1) is 12.4 Å². The van der Waals surface area contributed by atoms with Gasteiger partial charge in [-0.1, -0.05) is 0 Å². The van der Waals surface area contributed by atoms with Gasteiger partial charge in [-0.05, 0) is 0 Å². The van der Waals surface area contributed by atoms with Gasteiger partial charge in [0.25, 0.3) is 0 Å². The third-order valence-electron chi connectivity index (χ3n) is 3.99. The fourth-order valence-corrected chi connectivity index (χ4v) is 5.47. The molecule has 1 aliphatic carbocycles. The van der Waals surface area contributed by atoms with Crippen molar-refractivity contribution in [2.45, 2.75) is 34.6 Å². The molecule has 1 rings (SSSR count). The summed E-state index contributed by atoms with van der Waals surface area (Å²) in [4.78, 5) is 23.2. The van der Waals surface area contributed by atoms with Gasteiger partial charge < -0.3 is 0 Å². The molecule has 0 spiro atoms. The Hall–Kier alpha value is -1.10. The summed E-state index contributed by atoms with van der Waals surface area (Å²) in [5.74, 6) is -1.14. The molecule has 0 aromatic rings. The van der Waals surface area contributed by atoms with E-state index < -0.39 is 30.6 Å². The van der Waals surface area contributed by atoms with E-state index in [4.69, 9.17) is 6.64 Å². The molecule has 0 saturated heterocycles. The first-order valence-corrected chi connectivity index (χ1v) is 8.67. The molecule has 0 heterocycles. The summed E-state index contributed by atoms with van der Waals surface area (Å²) in [5.41, 5.74) is 3.11. The number of hydrogen-bond acceptors (Lipinski definition) is 4. The maximum atomic E-state index is 11.6. The Morgan fingerprint density at radius 3 is 1.68 bits per heavy atom. The van der Waals surface area contributed by atoms with Gasteiger partial charge in [-0.2, -0.15) is 0 Å². The first-order chi connectivity index (χ1) is 9.66. The molecule has 0 fully saturated rings. The van der Waals surface area contributed by atoms with E-state index in [0.717, 1.165) is 27.2 Å². The van der Waals surface area contributed by atoms with Crippen molar-refractivity contribution in [1.82, 2.24) is 0 Å². The van der Waals surface area contributed by atoms with Crippen LogP contribution >= 0.6 is 12.4 Å². The third-order valence-corrected chi connectivity index (χ3v) is 7.39. The first-order valence-electron chi connectivity index (χ1n) is 6.62. The van der Waals surface area contributed by atoms with E-state index in [1.54, 1.807) is 0 Å². The topological polar surface area (TPSA) is 52.6 Å². The molecule has 4 nitrogen and oxygen atoms in total. The molecule has 0 atom stereocenters. The zero-order valence-corrected chi connectivity index (χ0v) is 16.0. The van der Waals surface area contributed by atoms with E-state index in [9.17, 15) is 9.59 Å². The van der Waals surface area contributed by atoms with E-state index in [-0.39, 0.29) is 17.8 Å². The van der Waals surface area contributed by atoms with Gasteiger partial charge in [-0.3, -0.25) is 0 Å². The monoisotopic (exact) mass is 361 g/mol. The van der Waals surface area contributed by atoms with E-state index >= 15 is 0 Å². The molecule has 0 aromatic carbocycles. The molecular formula is C16H22ClO4Ti. The Morgan fingerprint density at radius 1 is 1.00 bits per heavy atom. The number of carbonyl (C=O) groups excluding carboxylic acids is 2. The maximum Gasteiger partial charge on any atom is -0.147 e. The molecule has 0 aliphatic heterocycles. The average Bonchev–Trinajstić information content (AvgIpc) is 2.58. The first kappa shape index (κ1) is 20.9. The number of hydrogen-bond donors (Lipinski definition) is 0. The second kappa shape index (κ2) is 7.95. The van der Waals surface area contributed by atoms with E-state index in [1.807, 2.05) is 34.6 Å². The molecule has 0 saturated carbocycles. The molecule has 121 valence electrons. The van der Waals surface area contributed by atoms with Gasteiger partial charge in [0, 0.05) is 0 Å². The fraction of sp³-hybridized carbons (Fsp3) is 0.375. The summed E-state index contributed by atoms with van der Waals surface area (Å²) in [6.07, 6.45) is 2.17. The predicted octanol–water partition coefficient (Wildman–Crippen LogP) is 3.97. The molecule has 6 heteroatoms. The normalized spacial score (nSPS) is 15.9. The molecule has 0 unspecified atom stereocenters. The molecule has 0 aromatic heterocycles. The summed E-state index contributed by atoms with van der Waals surface area (Å²) in [7, 11) is 0. The number of halogens is 1. The zero-order valence-electron chi connectivity index (χ0n) is 13.6. The largest absolute Gasteiger partial charge is 0.147 e. The molecular weight excluding hydrogens is 339 g/mol. The van der Waals surface area contributed by atoms with Gasteiger partial charge in [0.2, 0.25) is 0 Å². The number of rotatable bonds is 5. The number of allylic oxidation sites excluding steroid dienone is 4. The van der Waals surface area contributed by atoms with E-state index in [2.05, 4.69) is 13.2 Å². The molecule has 0 bridgehead atoms. The van der Waals surface area contributed by atoms with Crippen molar-refractivity contribution >= 4 is 24.3 Å². The number of carbonyl (C=O) groups is 2. The van der Waals surface area contributed by atoms with Crippen molar-refractivity contribution in [3.63, 3.8) is 0 Å². The minimum Gasteiger partial charge on any atom is -0.147 e. The van der Waals surface area contributed by atoms with Crippen molar-refractivity contribution in [2.24, 2.45) is 5.41 Å². The third kappa shape index (κ3) is 4.00. The Labute approximate surface area is 145 Å². The van der Waals surface area contributed by atoms with Crippen molar-refractivity contribution < 1.29 is 34.9 Å². The molecule has 0 radical (unpaired) electrons. The Kier molecular flexibility index (Phi) is 7.56. The van der Waals surface area contributed by atoms with Crippen LogP contribution in [0.2, 0.25) is 0 Å². The zero-order chi connectivity index (χ0) is 16.4. The smallest absolute Gasteiger partial charge is 0.147 e. The second-order valence-corrected chi connectivity index (χ2v) is 7.73. The van der Waals surface area contributed by atoms with E-state index in [1.165, 1.54) is 5.57 Å². The van der Waals surface area contributed by atoms with Crippen LogP contribution in [0.5, 0.6) is 0 Å². The van der Waals surface area contributed by atoms with Gasteiger partial charge in [0.05, 0.1) is 0 Å². The summed E-state index contributed by atoms with van der Waals surface area (Å²) < 4.78 is 11.7. The van der Waals surface area contributed by atoms with Gasteiger partial charge in [0.15, 0.2) is 0 Å². The minimum atomic E-state index is -3.02. The van der Waals surface area contributed by atoms with Crippen LogP contribution in [0.25, 0.3) is 0 Å². The van der Waals surface area contributed by atoms with Crippen molar-refractivity contribution in [1.29, 1.82) is 0 Å². The fourth-order valence-electron chi connectivity index (χ4n) is 2.39. The summed E-state index contributed by atoms with van der Waals surface area (Å²) in [6, 6.07) is 0. The summed E-state index contributed by atoms with van der Waals surface area (Å²) in [5, 5.41) is 0. The van der Waals surface area contributed by atoms with Crippen LogP contribution in [0.3, 0.4) is 0 Å². The SMILES string of the molecule is C=CC(=O)[O][Ti]([O]C(=O)C=C)[C]1=C(C)C(C)=C(C)C1(C)C.Cl. The van der Waals surface area contributed by atoms with Gasteiger partial charge in [0.1, 0.15) is 0 Å². The van der Waals surface area contributed by atoms with Crippen molar-refractivity contribution in [3.05, 3.63) is 45.9 Å². The molecule has 0 N–H and O–H groups in total. The van der Waals surface area contributed by atoms with Crippen LogP contribution in [0.1, 0.15) is 34.6 Å². The van der Waals surface area contributed by atoms with Crippen LogP contribution in [-0.2, 0) is 34.9 Å². The minimum absolute atomic E-state index is 0. The van der Waals surface area contributed by atoms with Crippen LogP contribution < -0.4 is 0 Å². The molecule has 1 aliphatic rings. The summed E-state index contributed by atoms with van der Waals surface area (Å²) in [6.45, 7) is 16.9. The quantitative estimate of drug-likeness (QED) is 0.549. The van der Waals surface area contributed by atoms with Crippen LogP contribution in [-0.4, -0.2) is 11.9 Å². The van der Waals surface area contributed by atoms with Crippen LogP contribution in [0.15, 0.2) is 45.9 Å². The standard InChI is InChI=1S/C10H15.2C3H4O2.ClH.Ti/c1-7-6-10(4,5)9(3)8(7)2;2*1-2-3(4)5;;/h1-5H3;2*2H,1H2,(H,4,5);1H;/q;;;;+2/p-2. The second-order valence-electron chi connectivity index (χ2n) is 5.41. The average molecular weight is 362 g/mol. The van der Waals surface area contributed by atoms with Crippen molar-refractivity contribution in [2.75, 3.05) is 0 Å². The van der Waals surface area contributed by atoms with Gasteiger partial charge >= 0.3 is 133 Å². The Bertz CT molecular complexity index is 551. The van der Waals surface area contributed by atoms with E-state index in [0.29, 0.717) is 0 Å². The molecule has 0 amide bonds. The van der Waals surface area contributed by atoms with Crippen molar-refractivity contribution in [3.8, 4) is 0 Å². The maximum absolute atomic E-state index is 11.6. The van der Waals surface area contributed by atoms with Gasteiger partial charge in [-0.25, -0.2) is 0 Å². The Morgan fingerprint density at radius 2 is 1.41 bits per heavy atom. The Balaban J connectivity index is 0.00000441.